The molecule has 0 spiro atoms. The third kappa shape index (κ3) is 5.25. The minimum Gasteiger partial charge on any atom is -0.316 e. The number of rotatable bonds is 9. The van der Waals surface area contributed by atoms with E-state index in [9.17, 15) is 0 Å². The minimum absolute atomic E-state index is 0.580. The smallest absolute Gasteiger partial charge is 0.00504 e. The molecule has 2 nitrogen and oxygen atoms in total. The van der Waals surface area contributed by atoms with E-state index in [0.717, 1.165) is 18.4 Å². The number of nitrogens with zero attached hydrogens (tertiary/aromatic N) is 1. The van der Waals surface area contributed by atoms with E-state index in [1.165, 1.54) is 90.4 Å². The summed E-state index contributed by atoms with van der Waals surface area (Å²) in [6, 6.07) is 0. The summed E-state index contributed by atoms with van der Waals surface area (Å²) in [5.74, 6) is 2.09. The zero-order valence-corrected chi connectivity index (χ0v) is 14.2. The van der Waals surface area contributed by atoms with Gasteiger partial charge >= 0.3 is 0 Å². The fourth-order valence-corrected chi connectivity index (χ4v) is 4.27. The second kappa shape index (κ2) is 7.46. The van der Waals surface area contributed by atoms with Crippen molar-refractivity contribution in [3.05, 3.63) is 0 Å². The van der Waals surface area contributed by atoms with Gasteiger partial charge < -0.3 is 10.2 Å². The summed E-state index contributed by atoms with van der Waals surface area (Å²) < 4.78 is 0. The molecule has 0 aromatic heterocycles. The molecule has 2 heteroatoms. The highest BCUT2D eigenvalue weighted by Crippen LogP contribution is 2.39. The summed E-state index contributed by atoms with van der Waals surface area (Å²) in [5, 5.41) is 3.70. The highest BCUT2D eigenvalue weighted by molar-refractivity contribution is 4.90. The summed E-state index contributed by atoms with van der Waals surface area (Å²) in [7, 11) is 0. The molecule has 3 aliphatic carbocycles. The first-order valence-electron chi connectivity index (χ1n) is 9.73. The van der Waals surface area contributed by atoms with Crippen LogP contribution in [0.1, 0.15) is 71.1 Å². The minimum atomic E-state index is 0.580. The maximum atomic E-state index is 3.70. The molecule has 3 rings (SSSR count). The third-order valence-electron chi connectivity index (χ3n) is 5.90. The summed E-state index contributed by atoms with van der Waals surface area (Å²) in [4.78, 5) is 2.89. The van der Waals surface area contributed by atoms with E-state index in [1.54, 1.807) is 0 Å². The second-order valence-corrected chi connectivity index (χ2v) is 8.28. The van der Waals surface area contributed by atoms with Gasteiger partial charge in [-0.1, -0.05) is 32.6 Å². The Hall–Kier alpha value is -0.0800. The van der Waals surface area contributed by atoms with Gasteiger partial charge in [-0.2, -0.15) is 0 Å². The van der Waals surface area contributed by atoms with Crippen molar-refractivity contribution in [2.45, 2.75) is 71.1 Å². The van der Waals surface area contributed by atoms with Crippen molar-refractivity contribution < 1.29 is 0 Å². The van der Waals surface area contributed by atoms with Crippen LogP contribution in [-0.2, 0) is 0 Å². The molecule has 0 amide bonds. The SMILES string of the molecule is CCNCC1(CN(CC2CC2)CC2CC2)CCCCCC1. The highest BCUT2D eigenvalue weighted by atomic mass is 15.1. The lowest BCUT2D eigenvalue weighted by Gasteiger charge is -2.38. The Kier molecular flexibility index (Phi) is 5.61. The van der Waals surface area contributed by atoms with Gasteiger partial charge in [0.05, 0.1) is 0 Å². The van der Waals surface area contributed by atoms with Crippen molar-refractivity contribution in [1.29, 1.82) is 0 Å². The van der Waals surface area contributed by atoms with E-state index in [1.807, 2.05) is 0 Å². The first-order chi connectivity index (χ1) is 10.3. The summed E-state index contributed by atoms with van der Waals surface area (Å²) in [6.45, 7) is 8.85. The highest BCUT2D eigenvalue weighted by Gasteiger charge is 2.36. The van der Waals surface area contributed by atoms with E-state index in [-0.39, 0.29) is 0 Å². The maximum absolute atomic E-state index is 3.70. The average molecular weight is 293 g/mol. The van der Waals surface area contributed by atoms with Crippen LogP contribution in [-0.4, -0.2) is 37.6 Å². The van der Waals surface area contributed by atoms with Crippen molar-refractivity contribution >= 4 is 0 Å². The van der Waals surface area contributed by atoms with Gasteiger partial charge in [0, 0.05) is 26.2 Å². The fourth-order valence-electron chi connectivity index (χ4n) is 4.27. The molecular weight excluding hydrogens is 256 g/mol. The Labute approximate surface area is 132 Å². The topological polar surface area (TPSA) is 15.3 Å². The van der Waals surface area contributed by atoms with Crippen LogP contribution in [0.3, 0.4) is 0 Å². The number of hydrogen-bond acceptors (Lipinski definition) is 2. The number of nitrogens with one attached hydrogen (secondary N) is 1. The Balaban J connectivity index is 1.60. The van der Waals surface area contributed by atoms with Crippen molar-refractivity contribution in [2.75, 3.05) is 32.7 Å². The zero-order valence-electron chi connectivity index (χ0n) is 14.2. The van der Waals surface area contributed by atoms with E-state index in [2.05, 4.69) is 17.1 Å². The van der Waals surface area contributed by atoms with Crippen LogP contribution in [0, 0.1) is 17.3 Å². The average Bonchev–Trinajstić information content (AvgIpc) is 3.33. The monoisotopic (exact) mass is 292 g/mol. The number of hydrogen-bond donors (Lipinski definition) is 1. The lowest BCUT2D eigenvalue weighted by Crippen LogP contribution is -2.45. The van der Waals surface area contributed by atoms with E-state index >= 15 is 0 Å². The Bertz CT molecular complexity index is 285. The maximum Gasteiger partial charge on any atom is 0.00504 e. The molecular formula is C19H36N2. The molecule has 0 aromatic rings. The molecule has 0 saturated heterocycles. The van der Waals surface area contributed by atoms with Gasteiger partial charge in [0.2, 0.25) is 0 Å². The van der Waals surface area contributed by atoms with Crippen LogP contribution in [0.4, 0.5) is 0 Å². The van der Waals surface area contributed by atoms with Gasteiger partial charge in [-0.25, -0.2) is 0 Å². The van der Waals surface area contributed by atoms with Crippen LogP contribution in [0.25, 0.3) is 0 Å². The lowest BCUT2D eigenvalue weighted by atomic mass is 9.79. The summed E-state index contributed by atoms with van der Waals surface area (Å²) in [6.07, 6.45) is 14.8. The molecule has 0 aromatic carbocycles. The van der Waals surface area contributed by atoms with Gasteiger partial charge in [-0.3, -0.25) is 0 Å². The van der Waals surface area contributed by atoms with E-state index < -0.39 is 0 Å². The van der Waals surface area contributed by atoms with Gasteiger partial charge in [-0.15, -0.1) is 0 Å². The quantitative estimate of drug-likeness (QED) is 0.645. The summed E-state index contributed by atoms with van der Waals surface area (Å²) in [5.41, 5.74) is 0.580. The fraction of sp³-hybridized carbons (Fsp3) is 1.00. The van der Waals surface area contributed by atoms with Gasteiger partial charge in [0.1, 0.15) is 0 Å². The van der Waals surface area contributed by atoms with E-state index in [0.29, 0.717) is 5.41 Å². The van der Waals surface area contributed by atoms with Crippen molar-refractivity contribution in [3.63, 3.8) is 0 Å². The molecule has 21 heavy (non-hydrogen) atoms. The molecule has 3 saturated carbocycles. The van der Waals surface area contributed by atoms with Crippen LogP contribution < -0.4 is 5.32 Å². The molecule has 0 radical (unpaired) electrons. The van der Waals surface area contributed by atoms with Gasteiger partial charge in [-0.05, 0) is 62.3 Å². The molecule has 0 unspecified atom stereocenters. The molecule has 0 heterocycles. The predicted octanol–water partition coefficient (Wildman–Crippen LogP) is 4.06. The predicted molar refractivity (Wildman–Crippen MR) is 90.6 cm³/mol. The van der Waals surface area contributed by atoms with Crippen LogP contribution in [0.2, 0.25) is 0 Å². The normalized spacial score (nSPS) is 26.0. The Morgan fingerprint density at radius 3 is 1.95 bits per heavy atom. The van der Waals surface area contributed by atoms with Crippen molar-refractivity contribution in [2.24, 2.45) is 17.3 Å². The molecule has 0 aliphatic heterocycles. The van der Waals surface area contributed by atoms with Crippen LogP contribution >= 0.6 is 0 Å². The lowest BCUT2D eigenvalue weighted by molar-refractivity contribution is 0.119. The van der Waals surface area contributed by atoms with Crippen molar-refractivity contribution in [3.8, 4) is 0 Å². The first kappa shape index (κ1) is 15.8. The molecule has 0 bridgehead atoms. The van der Waals surface area contributed by atoms with Gasteiger partial charge in [0.15, 0.2) is 0 Å². The molecule has 0 atom stereocenters. The van der Waals surface area contributed by atoms with Crippen LogP contribution in [0.5, 0.6) is 0 Å². The summed E-state index contributed by atoms with van der Waals surface area (Å²) >= 11 is 0. The van der Waals surface area contributed by atoms with Crippen molar-refractivity contribution in [1.82, 2.24) is 10.2 Å². The molecule has 122 valence electrons. The van der Waals surface area contributed by atoms with E-state index in [4.69, 9.17) is 0 Å². The Morgan fingerprint density at radius 1 is 0.905 bits per heavy atom. The Morgan fingerprint density at radius 2 is 1.48 bits per heavy atom. The zero-order chi connectivity index (χ0) is 14.5. The largest absolute Gasteiger partial charge is 0.316 e. The third-order valence-corrected chi connectivity index (χ3v) is 5.90. The molecule has 3 aliphatic rings. The first-order valence-corrected chi connectivity index (χ1v) is 9.73. The second-order valence-electron chi connectivity index (χ2n) is 8.28. The molecule has 3 fully saturated rings. The standard InChI is InChI=1S/C19H36N2/c1-2-20-15-19(11-5-3-4-6-12-19)16-21(13-17-7-8-17)14-18-9-10-18/h17-18,20H,2-16H2,1H3. The van der Waals surface area contributed by atoms with Gasteiger partial charge in [0.25, 0.3) is 0 Å². The van der Waals surface area contributed by atoms with Crippen LogP contribution in [0.15, 0.2) is 0 Å². The molecule has 1 N–H and O–H groups in total.